The number of nitrogens with zero attached hydrogens (tertiary/aromatic N) is 3. The molecule has 5 fully saturated rings. The van der Waals surface area contributed by atoms with Crippen LogP contribution in [0.25, 0.3) is 16.6 Å². The fourth-order valence-corrected chi connectivity index (χ4v) is 10.2. The molecule has 0 unspecified atom stereocenters. The van der Waals surface area contributed by atoms with E-state index in [1.165, 1.54) is 36.1 Å². The maximum Gasteiger partial charge on any atom is 0.309 e. The molecule has 1 saturated heterocycles. The summed E-state index contributed by atoms with van der Waals surface area (Å²) in [5, 5.41) is 10.5. The molecule has 0 atom stereocenters. The minimum atomic E-state index is -0.564. The standard InChI is InChI=1S/C35H40BrN3O3/c36-26-5-4-6-27-29(26)30(40)37-31-35(11-2-1-3-12-35)25-8-7-24(21-28(25)39(27)31)23-9-19-38(20-10-23)22-33-13-16-34(17-14-33,18-15-33)32(41)42/h4-8,21,23H,1-3,9-20,22H2,(H,41,42). The lowest BCUT2D eigenvalue weighted by Crippen LogP contribution is -2.51. The summed E-state index contributed by atoms with van der Waals surface area (Å²) < 4.78 is 3.13. The highest BCUT2D eigenvalue weighted by molar-refractivity contribution is 9.10. The van der Waals surface area contributed by atoms with Gasteiger partial charge in [-0.05, 0) is 134 Å². The van der Waals surface area contributed by atoms with E-state index in [4.69, 9.17) is 4.98 Å². The number of carboxylic acid groups (broad SMARTS) is 1. The largest absolute Gasteiger partial charge is 0.481 e. The zero-order valence-corrected chi connectivity index (χ0v) is 25.9. The minimum Gasteiger partial charge on any atom is -0.481 e. The van der Waals surface area contributed by atoms with Gasteiger partial charge in [-0.3, -0.25) is 14.2 Å². The summed E-state index contributed by atoms with van der Waals surface area (Å²) in [6, 6.07) is 13.2. The average Bonchev–Trinajstić information content (AvgIpc) is 3.26. The Morgan fingerprint density at radius 3 is 2.36 bits per heavy atom. The molecule has 2 aromatic carbocycles. The zero-order valence-electron chi connectivity index (χ0n) is 24.3. The van der Waals surface area contributed by atoms with E-state index in [-0.39, 0.29) is 11.0 Å². The second kappa shape index (κ2) is 9.75. The molecule has 6 nitrogen and oxygen atoms in total. The number of piperidine rings is 1. The number of hydrogen-bond acceptors (Lipinski definition) is 4. The van der Waals surface area contributed by atoms with Gasteiger partial charge in [-0.15, -0.1) is 0 Å². The number of carbonyl (C=O) groups is 1. The van der Waals surface area contributed by atoms with Crippen molar-refractivity contribution < 1.29 is 9.90 Å². The number of benzene rings is 2. The van der Waals surface area contributed by atoms with Gasteiger partial charge in [0.25, 0.3) is 5.56 Å². The average molecular weight is 631 g/mol. The van der Waals surface area contributed by atoms with Crippen LogP contribution in [0.15, 0.2) is 45.7 Å². The third-order valence-corrected chi connectivity index (χ3v) is 12.9. The topological polar surface area (TPSA) is 75.4 Å². The van der Waals surface area contributed by atoms with Gasteiger partial charge in [-0.25, -0.2) is 0 Å². The van der Waals surface area contributed by atoms with E-state index in [9.17, 15) is 14.7 Å². The van der Waals surface area contributed by atoms with Crippen LogP contribution >= 0.6 is 15.9 Å². The van der Waals surface area contributed by atoms with Gasteiger partial charge >= 0.3 is 5.97 Å². The number of rotatable bonds is 4. The first-order chi connectivity index (χ1) is 20.3. The smallest absolute Gasteiger partial charge is 0.309 e. The lowest BCUT2D eigenvalue weighted by Gasteiger charge is -2.53. The van der Waals surface area contributed by atoms with Crippen LogP contribution in [0.2, 0.25) is 0 Å². The van der Waals surface area contributed by atoms with Crippen LogP contribution in [0.4, 0.5) is 0 Å². The summed E-state index contributed by atoms with van der Waals surface area (Å²) in [6.45, 7) is 3.35. The molecule has 6 aliphatic rings. The number of aromatic nitrogens is 2. The van der Waals surface area contributed by atoms with Crippen LogP contribution in [0.1, 0.15) is 106 Å². The maximum absolute atomic E-state index is 13.3. The Morgan fingerprint density at radius 1 is 0.952 bits per heavy atom. The second-order valence-corrected chi connectivity index (χ2v) is 15.1. The highest BCUT2D eigenvalue weighted by atomic mass is 79.9. The van der Waals surface area contributed by atoms with Gasteiger partial charge < -0.3 is 10.0 Å². The molecule has 220 valence electrons. The molecular formula is C35H40BrN3O3. The van der Waals surface area contributed by atoms with Crippen molar-refractivity contribution in [1.82, 2.24) is 14.5 Å². The van der Waals surface area contributed by atoms with E-state index in [1.807, 2.05) is 12.1 Å². The summed E-state index contributed by atoms with van der Waals surface area (Å²) in [5.74, 6) is 0.912. The first-order valence-corrected chi connectivity index (χ1v) is 16.9. The van der Waals surface area contributed by atoms with Crippen molar-refractivity contribution >= 4 is 32.8 Å². The highest BCUT2D eigenvalue weighted by Gasteiger charge is 2.53. The summed E-state index contributed by atoms with van der Waals surface area (Å²) in [5.41, 5.74) is 4.56. The number of carboxylic acids is 1. The van der Waals surface area contributed by atoms with E-state index in [0.29, 0.717) is 16.7 Å². The van der Waals surface area contributed by atoms with Crippen molar-refractivity contribution in [3.05, 3.63) is 68.2 Å². The molecule has 9 rings (SSSR count). The Balaban J connectivity index is 1.07. The Bertz CT molecular complexity index is 1620. The zero-order chi connectivity index (χ0) is 28.7. The summed E-state index contributed by atoms with van der Waals surface area (Å²) in [4.78, 5) is 32.7. The lowest BCUT2D eigenvalue weighted by atomic mass is 9.53. The van der Waals surface area contributed by atoms with Gasteiger partial charge in [-0.1, -0.05) is 37.5 Å². The number of hydrogen-bond donors (Lipinski definition) is 1. The molecule has 1 spiro atoms. The van der Waals surface area contributed by atoms with Crippen molar-refractivity contribution in [2.45, 2.75) is 94.8 Å². The molecule has 42 heavy (non-hydrogen) atoms. The predicted octanol–water partition coefficient (Wildman–Crippen LogP) is 7.32. The van der Waals surface area contributed by atoms with Gasteiger partial charge in [0.1, 0.15) is 5.82 Å². The predicted molar refractivity (Wildman–Crippen MR) is 168 cm³/mol. The highest BCUT2D eigenvalue weighted by Crippen LogP contribution is 2.57. The first-order valence-electron chi connectivity index (χ1n) is 16.2. The van der Waals surface area contributed by atoms with Crippen LogP contribution in [0.5, 0.6) is 0 Å². The van der Waals surface area contributed by atoms with Crippen LogP contribution in [-0.2, 0) is 10.2 Å². The van der Waals surface area contributed by atoms with E-state index in [0.717, 1.165) is 99.7 Å². The number of aliphatic carboxylic acids is 1. The van der Waals surface area contributed by atoms with Gasteiger partial charge in [0, 0.05) is 11.0 Å². The molecular weight excluding hydrogens is 590 g/mol. The van der Waals surface area contributed by atoms with Crippen molar-refractivity contribution in [2.24, 2.45) is 10.8 Å². The SMILES string of the molecule is O=C(O)C12CCC(CN3CCC(c4ccc5c(c4)-n4c(nc(=O)c6c(Br)cccc64)C54CCCCC4)CC3)(CC1)CC2. The van der Waals surface area contributed by atoms with Gasteiger partial charge in [0.05, 0.1) is 27.4 Å². The van der Waals surface area contributed by atoms with Crippen molar-refractivity contribution in [3.8, 4) is 5.69 Å². The summed E-state index contributed by atoms with van der Waals surface area (Å²) in [6.07, 6.45) is 13.8. The van der Waals surface area contributed by atoms with Gasteiger partial charge in [0.2, 0.25) is 0 Å². The third-order valence-electron chi connectivity index (χ3n) is 12.3. The molecule has 2 bridgehead atoms. The van der Waals surface area contributed by atoms with E-state index in [2.05, 4.69) is 49.7 Å². The first kappa shape index (κ1) is 27.1. The minimum absolute atomic E-state index is 0.127. The second-order valence-electron chi connectivity index (χ2n) is 14.3. The lowest BCUT2D eigenvalue weighted by molar-refractivity contribution is -0.159. The number of halogens is 1. The summed E-state index contributed by atoms with van der Waals surface area (Å²) >= 11 is 3.64. The Morgan fingerprint density at radius 2 is 1.67 bits per heavy atom. The van der Waals surface area contributed by atoms with Crippen molar-refractivity contribution in [1.29, 1.82) is 0 Å². The fourth-order valence-electron chi connectivity index (χ4n) is 9.67. The van der Waals surface area contributed by atoms with E-state index >= 15 is 0 Å². The molecule has 4 saturated carbocycles. The van der Waals surface area contributed by atoms with Crippen molar-refractivity contribution in [3.63, 3.8) is 0 Å². The summed E-state index contributed by atoms with van der Waals surface area (Å²) in [7, 11) is 0. The Hall–Kier alpha value is -2.51. The fraction of sp³-hybridized carbons (Fsp3) is 0.571. The van der Waals surface area contributed by atoms with Crippen molar-refractivity contribution in [2.75, 3.05) is 19.6 Å². The van der Waals surface area contributed by atoms with E-state index < -0.39 is 11.4 Å². The molecule has 0 radical (unpaired) electrons. The molecule has 2 aliphatic heterocycles. The maximum atomic E-state index is 13.3. The van der Waals surface area contributed by atoms with Gasteiger partial charge in [0.15, 0.2) is 0 Å². The van der Waals surface area contributed by atoms with Crippen LogP contribution in [0, 0.1) is 10.8 Å². The quantitative estimate of drug-likeness (QED) is 0.327. The van der Waals surface area contributed by atoms with Crippen LogP contribution in [-0.4, -0.2) is 45.2 Å². The molecule has 3 heterocycles. The normalized spacial score (nSPS) is 28.7. The van der Waals surface area contributed by atoms with Crippen LogP contribution < -0.4 is 5.56 Å². The molecule has 7 heteroatoms. The Labute approximate surface area is 255 Å². The monoisotopic (exact) mass is 629 g/mol. The molecule has 1 N–H and O–H groups in total. The third kappa shape index (κ3) is 3.94. The Kier molecular flexibility index (Phi) is 6.28. The molecule has 3 aromatic rings. The molecule has 0 amide bonds. The molecule has 4 aliphatic carbocycles. The number of fused-ring (bicyclic) bond motifs is 10. The van der Waals surface area contributed by atoms with E-state index in [1.54, 1.807) is 0 Å². The van der Waals surface area contributed by atoms with Crippen LogP contribution in [0.3, 0.4) is 0 Å². The van der Waals surface area contributed by atoms with Gasteiger partial charge in [-0.2, -0.15) is 4.98 Å². The molecule has 1 aromatic heterocycles. The number of likely N-dealkylation sites (tertiary alicyclic amines) is 1.